The molecule has 0 N–H and O–H groups in total. The minimum Gasteiger partial charge on any atom is -0.372 e. The quantitative estimate of drug-likeness (QED) is 0.486. The van der Waals surface area contributed by atoms with E-state index in [9.17, 15) is 9.59 Å². The molecule has 0 spiro atoms. The molecule has 0 bridgehead atoms. The summed E-state index contributed by atoms with van der Waals surface area (Å²) in [6.45, 7) is 0. The number of hydrogen-bond acceptors (Lipinski definition) is 4. The van der Waals surface area contributed by atoms with E-state index < -0.39 is 0 Å². The number of carbonyl (C=O) groups excluding carboxylic acids is 2. The van der Waals surface area contributed by atoms with Gasteiger partial charge in [0.15, 0.2) is 0 Å². The molecular weight excluding hydrogens is 474 g/mol. The standard InChI is InChI=1S/C32H45N3O3/c36-31-20-8-3-1-6-16(20)18-12-14-23-29-26(18)33(31)22-10-5-11-24-28(22)35(29)30-25(38-24)15-13-19-17-7-2-4-9-21(17)32(37)34(23)27(19)30/h16-30H,1-15H2. The summed E-state index contributed by atoms with van der Waals surface area (Å²) in [6.07, 6.45) is 18.7. The Balaban J connectivity index is 1.15. The Bertz CT molecular complexity index is 1060. The van der Waals surface area contributed by atoms with Crippen molar-refractivity contribution in [1.29, 1.82) is 0 Å². The van der Waals surface area contributed by atoms with Crippen LogP contribution in [-0.4, -0.2) is 81.0 Å². The summed E-state index contributed by atoms with van der Waals surface area (Å²) in [4.78, 5) is 37.1. The third kappa shape index (κ3) is 2.56. The highest BCUT2D eigenvalue weighted by Crippen LogP contribution is 2.61. The van der Waals surface area contributed by atoms with Crippen molar-refractivity contribution in [2.75, 3.05) is 0 Å². The van der Waals surface area contributed by atoms with Crippen LogP contribution < -0.4 is 0 Å². The molecule has 38 heavy (non-hydrogen) atoms. The number of ether oxygens (including phenoxy) is 1. The summed E-state index contributed by atoms with van der Waals surface area (Å²) in [5.74, 6) is 4.03. The van der Waals surface area contributed by atoms with Crippen LogP contribution >= 0.6 is 0 Å². The van der Waals surface area contributed by atoms with Gasteiger partial charge in [0.2, 0.25) is 11.8 Å². The largest absolute Gasteiger partial charge is 0.372 e. The topological polar surface area (TPSA) is 53.1 Å². The van der Waals surface area contributed by atoms with E-state index in [1.807, 2.05) is 0 Å². The van der Waals surface area contributed by atoms with Gasteiger partial charge in [0, 0.05) is 17.9 Å². The second-order valence-corrected chi connectivity index (χ2v) is 15.3. The lowest BCUT2D eigenvalue weighted by Gasteiger charge is -2.76. The van der Waals surface area contributed by atoms with Gasteiger partial charge in [-0.2, -0.15) is 0 Å². The number of rotatable bonds is 0. The van der Waals surface area contributed by atoms with E-state index in [0.29, 0.717) is 77.8 Å². The maximum atomic E-state index is 14.5. The van der Waals surface area contributed by atoms with Crippen molar-refractivity contribution in [2.24, 2.45) is 35.5 Å². The van der Waals surface area contributed by atoms with Gasteiger partial charge in [-0.15, -0.1) is 0 Å². The predicted molar refractivity (Wildman–Crippen MR) is 141 cm³/mol. The number of amides is 2. The number of piperazine rings is 2. The first-order valence-corrected chi connectivity index (χ1v) is 16.8. The monoisotopic (exact) mass is 519 g/mol. The Morgan fingerprint density at radius 1 is 0.474 bits per heavy atom. The first-order valence-electron chi connectivity index (χ1n) is 16.8. The van der Waals surface area contributed by atoms with Crippen molar-refractivity contribution in [2.45, 2.75) is 151 Å². The smallest absolute Gasteiger partial charge is 0.226 e. The molecule has 15 unspecified atom stereocenters. The molecule has 0 aromatic rings. The van der Waals surface area contributed by atoms with E-state index in [0.717, 1.165) is 25.7 Å². The average molecular weight is 520 g/mol. The Labute approximate surface area is 227 Å². The van der Waals surface area contributed by atoms with Gasteiger partial charge in [0.05, 0.1) is 48.5 Å². The summed E-state index contributed by atoms with van der Waals surface area (Å²) < 4.78 is 7.10. The fourth-order valence-corrected chi connectivity index (χ4v) is 13.4. The van der Waals surface area contributed by atoms with Crippen LogP contribution in [-0.2, 0) is 14.3 Å². The highest BCUT2D eigenvalue weighted by atomic mass is 16.5. The summed E-state index contributed by atoms with van der Waals surface area (Å²) in [5, 5.41) is 0. The molecule has 0 aromatic heterocycles. The van der Waals surface area contributed by atoms with E-state index in [4.69, 9.17) is 4.74 Å². The highest BCUT2D eigenvalue weighted by molar-refractivity contribution is 5.83. The van der Waals surface area contributed by atoms with Crippen molar-refractivity contribution in [3.05, 3.63) is 0 Å². The van der Waals surface area contributed by atoms with E-state index in [1.54, 1.807) is 0 Å². The van der Waals surface area contributed by atoms with Crippen LogP contribution in [0.25, 0.3) is 0 Å². The number of fused-ring (bicyclic) bond motifs is 6. The lowest BCUT2D eigenvalue weighted by molar-refractivity contribution is -0.300. The molecule has 10 rings (SSSR count). The molecule has 5 saturated heterocycles. The third-order valence-electron chi connectivity index (χ3n) is 14.3. The van der Waals surface area contributed by atoms with Crippen molar-refractivity contribution in [1.82, 2.24) is 14.7 Å². The van der Waals surface area contributed by atoms with Crippen molar-refractivity contribution in [3.8, 4) is 0 Å². The zero-order valence-electron chi connectivity index (χ0n) is 22.8. The molecule has 0 radical (unpaired) electrons. The van der Waals surface area contributed by atoms with Crippen LogP contribution in [0.5, 0.6) is 0 Å². The molecule has 5 saturated carbocycles. The SMILES string of the molecule is O=C1C2CCCCC2C2CCC3OC4CCCC5C4N4C3C2N1C1CCC2C3CCCCC3C(=O)N5C2C14. The molecule has 15 atom stereocenters. The number of morpholine rings is 1. The van der Waals surface area contributed by atoms with E-state index in [2.05, 4.69) is 14.7 Å². The minimum atomic E-state index is 0.265. The van der Waals surface area contributed by atoms with Crippen LogP contribution in [0.1, 0.15) is 96.3 Å². The van der Waals surface area contributed by atoms with Crippen molar-refractivity contribution < 1.29 is 14.3 Å². The molecule has 5 aliphatic heterocycles. The van der Waals surface area contributed by atoms with Gasteiger partial charge in [-0.1, -0.05) is 25.7 Å². The van der Waals surface area contributed by atoms with Crippen LogP contribution in [0.4, 0.5) is 0 Å². The molecule has 6 heteroatoms. The molecule has 5 aliphatic carbocycles. The van der Waals surface area contributed by atoms with Crippen molar-refractivity contribution >= 4 is 11.8 Å². The molecule has 2 amide bonds. The van der Waals surface area contributed by atoms with Gasteiger partial charge in [-0.25, -0.2) is 0 Å². The first kappa shape index (κ1) is 22.5. The molecule has 0 aromatic carbocycles. The summed E-state index contributed by atoms with van der Waals surface area (Å²) in [5.41, 5.74) is 0. The molecule has 206 valence electrons. The molecule has 10 fully saturated rings. The van der Waals surface area contributed by atoms with Gasteiger partial charge in [-0.05, 0) is 94.3 Å². The van der Waals surface area contributed by atoms with Gasteiger partial charge in [0.1, 0.15) is 0 Å². The second kappa shape index (κ2) is 7.78. The van der Waals surface area contributed by atoms with Crippen LogP contribution in [0, 0.1) is 35.5 Å². The van der Waals surface area contributed by atoms with E-state index in [-0.39, 0.29) is 24.0 Å². The summed E-state index contributed by atoms with van der Waals surface area (Å²) >= 11 is 0. The van der Waals surface area contributed by atoms with Crippen LogP contribution in [0.15, 0.2) is 0 Å². The Morgan fingerprint density at radius 3 is 1.76 bits per heavy atom. The van der Waals surface area contributed by atoms with Gasteiger partial charge in [0.25, 0.3) is 0 Å². The summed E-state index contributed by atoms with van der Waals surface area (Å²) in [7, 11) is 0. The lowest BCUT2D eigenvalue weighted by atomic mass is 9.54. The van der Waals surface area contributed by atoms with Gasteiger partial charge < -0.3 is 14.5 Å². The van der Waals surface area contributed by atoms with Crippen LogP contribution in [0.2, 0.25) is 0 Å². The third-order valence-corrected chi connectivity index (χ3v) is 14.3. The minimum absolute atomic E-state index is 0.265. The average Bonchev–Trinajstić information content (AvgIpc) is 2.96. The second-order valence-electron chi connectivity index (χ2n) is 15.3. The van der Waals surface area contributed by atoms with Gasteiger partial charge >= 0.3 is 0 Å². The Hall–Kier alpha value is -1.14. The Kier molecular flexibility index (Phi) is 4.61. The predicted octanol–water partition coefficient (Wildman–Crippen LogP) is 3.96. The zero-order chi connectivity index (χ0) is 24.9. The molecule has 5 heterocycles. The maximum absolute atomic E-state index is 14.5. The fraction of sp³-hybridized carbons (Fsp3) is 0.938. The first-order chi connectivity index (χ1) is 18.7. The van der Waals surface area contributed by atoms with Gasteiger partial charge in [-0.3, -0.25) is 14.5 Å². The molecule has 6 nitrogen and oxygen atoms in total. The Morgan fingerprint density at radius 2 is 1.05 bits per heavy atom. The zero-order valence-corrected chi connectivity index (χ0v) is 22.8. The maximum Gasteiger partial charge on any atom is 0.226 e. The van der Waals surface area contributed by atoms with E-state index >= 15 is 0 Å². The van der Waals surface area contributed by atoms with Crippen LogP contribution in [0.3, 0.4) is 0 Å². The molecular formula is C32H45N3O3. The molecule has 10 aliphatic rings. The highest BCUT2D eigenvalue weighted by Gasteiger charge is 2.72. The van der Waals surface area contributed by atoms with E-state index in [1.165, 1.54) is 70.6 Å². The summed E-state index contributed by atoms with van der Waals surface area (Å²) in [6, 6.07) is 2.40. The number of nitrogens with zero attached hydrogens (tertiary/aromatic N) is 3. The number of hydrogen-bond donors (Lipinski definition) is 0. The van der Waals surface area contributed by atoms with Crippen molar-refractivity contribution in [3.63, 3.8) is 0 Å². The lowest BCUT2D eigenvalue weighted by Crippen LogP contribution is -2.90. The number of carbonyl (C=O) groups is 2. The normalized spacial score (nSPS) is 58.1. The fourth-order valence-electron chi connectivity index (χ4n) is 13.4. The number of piperidine rings is 2.